The van der Waals surface area contributed by atoms with Gasteiger partial charge in [0.05, 0.1) is 0 Å². The molecule has 94 valence electrons. The summed E-state index contributed by atoms with van der Waals surface area (Å²) in [5.41, 5.74) is 2.60. The SMILES string of the molecule is CC(C)=CN(C)C(NC(C)C)c1ccccc1. The molecule has 0 spiro atoms. The van der Waals surface area contributed by atoms with Crippen molar-refractivity contribution in [1.29, 1.82) is 0 Å². The molecule has 0 saturated heterocycles. The monoisotopic (exact) mass is 232 g/mol. The molecule has 0 aliphatic carbocycles. The van der Waals surface area contributed by atoms with Crippen molar-refractivity contribution < 1.29 is 0 Å². The van der Waals surface area contributed by atoms with Crippen LogP contribution in [0.4, 0.5) is 0 Å². The smallest absolute Gasteiger partial charge is 0.105 e. The van der Waals surface area contributed by atoms with E-state index in [0.717, 1.165) is 0 Å². The van der Waals surface area contributed by atoms with Gasteiger partial charge in [-0.2, -0.15) is 0 Å². The number of nitrogens with zero attached hydrogens (tertiary/aromatic N) is 1. The summed E-state index contributed by atoms with van der Waals surface area (Å²) in [4.78, 5) is 2.23. The molecule has 1 unspecified atom stereocenters. The fourth-order valence-electron chi connectivity index (χ4n) is 1.88. The van der Waals surface area contributed by atoms with Crippen molar-refractivity contribution in [2.75, 3.05) is 7.05 Å². The number of nitrogens with one attached hydrogen (secondary N) is 1. The van der Waals surface area contributed by atoms with Crippen LogP contribution >= 0.6 is 0 Å². The lowest BCUT2D eigenvalue weighted by Gasteiger charge is -2.30. The van der Waals surface area contributed by atoms with Crippen molar-refractivity contribution in [3.8, 4) is 0 Å². The third-order valence-corrected chi connectivity index (χ3v) is 2.48. The Balaban J connectivity index is 2.92. The Hall–Kier alpha value is -1.28. The standard InChI is InChI=1S/C15H24N2/c1-12(2)11-17(5)15(16-13(3)4)14-9-7-6-8-10-14/h6-11,13,15-16H,1-5H3. The molecule has 1 aromatic rings. The molecule has 0 amide bonds. The largest absolute Gasteiger partial charge is 0.361 e. The molecule has 0 aromatic heterocycles. The third-order valence-electron chi connectivity index (χ3n) is 2.48. The van der Waals surface area contributed by atoms with Gasteiger partial charge in [0, 0.05) is 13.1 Å². The van der Waals surface area contributed by atoms with Gasteiger partial charge in [0.1, 0.15) is 6.17 Å². The molecule has 0 aliphatic heterocycles. The first-order valence-electron chi connectivity index (χ1n) is 6.18. The van der Waals surface area contributed by atoms with Gasteiger partial charge in [0.15, 0.2) is 0 Å². The van der Waals surface area contributed by atoms with Crippen LogP contribution < -0.4 is 5.32 Å². The molecule has 1 aromatic carbocycles. The number of allylic oxidation sites excluding steroid dienone is 1. The van der Waals surface area contributed by atoms with Gasteiger partial charge in [-0.3, -0.25) is 5.32 Å². The van der Waals surface area contributed by atoms with Gasteiger partial charge in [-0.05, 0) is 39.5 Å². The van der Waals surface area contributed by atoms with Crippen LogP contribution in [0.3, 0.4) is 0 Å². The van der Waals surface area contributed by atoms with Crippen LogP contribution in [-0.4, -0.2) is 18.0 Å². The van der Waals surface area contributed by atoms with Gasteiger partial charge in [0.25, 0.3) is 0 Å². The molecule has 0 radical (unpaired) electrons. The van der Waals surface area contributed by atoms with E-state index in [0.29, 0.717) is 6.04 Å². The van der Waals surface area contributed by atoms with Crippen LogP contribution in [-0.2, 0) is 0 Å². The molecule has 0 saturated carbocycles. The Morgan fingerprint density at radius 1 is 1.18 bits per heavy atom. The number of rotatable bonds is 5. The molecule has 17 heavy (non-hydrogen) atoms. The van der Waals surface area contributed by atoms with E-state index in [4.69, 9.17) is 0 Å². The van der Waals surface area contributed by atoms with Crippen molar-refractivity contribution >= 4 is 0 Å². The van der Waals surface area contributed by atoms with Crippen LogP contribution in [0.1, 0.15) is 39.4 Å². The lowest BCUT2D eigenvalue weighted by Crippen LogP contribution is -2.37. The zero-order valence-corrected chi connectivity index (χ0v) is 11.6. The zero-order chi connectivity index (χ0) is 12.8. The third kappa shape index (κ3) is 4.61. The first-order chi connectivity index (χ1) is 8.00. The van der Waals surface area contributed by atoms with Crippen molar-refractivity contribution in [3.05, 3.63) is 47.7 Å². The minimum Gasteiger partial charge on any atom is -0.361 e. The molecule has 1 atom stereocenters. The number of hydrogen-bond acceptors (Lipinski definition) is 2. The van der Waals surface area contributed by atoms with Crippen molar-refractivity contribution in [2.24, 2.45) is 0 Å². The number of benzene rings is 1. The highest BCUT2D eigenvalue weighted by atomic mass is 15.2. The van der Waals surface area contributed by atoms with Gasteiger partial charge < -0.3 is 4.90 Å². The fraction of sp³-hybridized carbons (Fsp3) is 0.467. The van der Waals surface area contributed by atoms with Gasteiger partial charge in [-0.1, -0.05) is 35.9 Å². The molecule has 1 rings (SSSR count). The van der Waals surface area contributed by atoms with E-state index >= 15 is 0 Å². The maximum atomic E-state index is 3.58. The summed E-state index contributed by atoms with van der Waals surface area (Å²) in [6.45, 7) is 8.58. The summed E-state index contributed by atoms with van der Waals surface area (Å²) in [5.74, 6) is 0. The average molecular weight is 232 g/mol. The van der Waals surface area contributed by atoms with E-state index in [1.54, 1.807) is 0 Å². The Kier molecular flexibility index (Phi) is 5.23. The maximum absolute atomic E-state index is 3.58. The van der Waals surface area contributed by atoms with Crippen molar-refractivity contribution in [2.45, 2.75) is 39.9 Å². The van der Waals surface area contributed by atoms with E-state index in [-0.39, 0.29) is 6.17 Å². The highest BCUT2D eigenvalue weighted by molar-refractivity contribution is 5.19. The Labute approximate surface area is 105 Å². The maximum Gasteiger partial charge on any atom is 0.105 e. The van der Waals surface area contributed by atoms with Crippen LogP contribution in [0.25, 0.3) is 0 Å². The lowest BCUT2D eigenvalue weighted by atomic mass is 10.1. The van der Waals surface area contributed by atoms with Gasteiger partial charge >= 0.3 is 0 Å². The topological polar surface area (TPSA) is 15.3 Å². The molecule has 1 N–H and O–H groups in total. The minimum atomic E-state index is 0.228. The molecular weight excluding hydrogens is 208 g/mol. The summed E-state index contributed by atoms with van der Waals surface area (Å²) in [6.07, 6.45) is 2.40. The molecular formula is C15H24N2. The van der Waals surface area contributed by atoms with E-state index in [2.05, 4.69) is 81.5 Å². The normalized spacial score (nSPS) is 12.4. The first-order valence-corrected chi connectivity index (χ1v) is 6.18. The summed E-state index contributed by atoms with van der Waals surface area (Å²) in [6, 6.07) is 11.0. The summed E-state index contributed by atoms with van der Waals surface area (Å²) in [5, 5.41) is 3.58. The second kappa shape index (κ2) is 6.45. The molecule has 0 aliphatic rings. The highest BCUT2D eigenvalue weighted by Gasteiger charge is 2.14. The lowest BCUT2D eigenvalue weighted by molar-refractivity contribution is 0.262. The molecule has 0 bridgehead atoms. The minimum absolute atomic E-state index is 0.228. The van der Waals surface area contributed by atoms with Crippen molar-refractivity contribution in [3.63, 3.8) is 0 Å². The average Bonchev–Trinajstić information content (AvgIpc) is 2.25. The van der Waals surface area contributed by atoms with E-state index in [1.165, 1.54) is 11.1 Å². The predicted molar refractivity (Wildman–Crippen MR) is 74.6 cm³/mol. The predicted octanol–water partition coefficient (Wildman–Crippen LogP) is 3.54. The van der Waals surface area contributed by atoms with E-state index < -0.39 is 0 Å². The van der Waals surface area contributed by atoms with Gasteiger partial charge in [-0.15, -0.1) is 0 Å². The Morgan fingerprint density at radius 3 is 2.24 bits per heavy atom. The molecule has 0 heterocycles. The second-order valence-corrected chi connectivity index (χ2v) is 5.01. The zero-order valence-electron chi connectivity index (χ0n) is 11.6. The quantitative estimate of drug-likeness (QED) is 0.781. The van der Waals surface area contributed by atoms with Crippen LogP contribution in [0.2, 0.25) is 0 Å². The van der Waals surface area contributed by atoms with Crippen LogP contribution in [0, 0.1) is 0 Å². The van der Waals surface area contributed by atoms with Gasteiger partial charge in [0.2, 0.25) is 0 Å². The van der Waals surface area contributed by atoms with E-state index in [1.807, 2.05) is 0 Å². The van der Waals surface area contributed by atoms with Gasteiger partial charge in [-0.25, -0.2) is 0 Å². The second-order valence-electron chi connectivity index (χ2n) is 5.01. The summed E-state index contributed by atoms with van der Waals surface area (Å²) in [7, 11) is 2.11. The first kappa shape index (κ1) is 13.8. The van der Waals surface area contributed by atoms with E-state index in [9.17, 15) is 0 Å². The fourth-order valence-corrected chi connectivity index (χ4v) is 1.88. The Bertz CT molecular complexity index is 350. The molecule has 2 heteroatoms. The molecule has 2 nitrogen and oxygen atoms in total. The number of hydrogen-bond donors (Lipinski definition) is 1. The summed E-state index contributed by atoms with van der Waals surface area (Å²) < 4.78 is 0. The van der Waals surface area contributed by atoms with Crippen molar-refractivity contribution in [1.82, 2.24) is 10.2 Å². The van der Waals surface area contributed by atoms with Crippen LogP contribution in [0.15, 0.2) is 42.1 Å². The highest BCUT2D eigenvalue weighted by Crippen LogP contribution is 2.18. The molecule has 0 fully saturated rings. The summed E-state index contributed by atoms with van der Waals surface area (Å²) >= 11 is 0. The van der Waals surface area contributed by atoms with Crippen LogP contribution in [0.5, 0.6) is 0 Å². The Morgan fingerprint density at radius 2 is 1.76 bits per heavy atom.